The van der Waals surface area contributed by atoms with Gasteiger partial charge in [0.25, 0.3) is 11.8 Å². The van der Waals surface area contributed by atoms with Crippen LogP contribution in [0.1, 0.15) is 34.8 Å². The Morgan fingerprint density at radius 2 is 1.86 bits per heavy atom. The summed E-state index contributed by atoms with van der Waals surface area (Å²) in [5.41, 5.74) is 6.52. The van der Waals surface area contributed by atoms with Gasteiger partial charge in [0, 0.05) is 18.4 Å². The van der Waals surface area contributed by atoms with E-state index in [1.165, 1.54) is 0 Å². The topological polar surface area (TPSA) is 81.1 Å². The Kier molecular flexibility index (Phi) is 6.49. The number of hydrogen-bond acceptors (Lipinski definition) is 4. The van der Waals surface area contributed by atoms with Crippen LogP contribution in [0.15, 0.2) is 48.5 Å². The molecule has 0 aliphatic carbocycles. The summed E-state index contributed by atoms with van der Waals surface area (Å²) in [6.07, 6.45) is 1.98. The number of carbonyl (C=O) groups excluding carboxylic acids is 2. The number of carbonyl (C=O) groups is 2. The van der Waals surface area contributed by atoms with Gasteiger partial charge in [-0.3, -0.25) is 20.4 Å². The molecule has 2 aromatic rings. The third-order valence-corrected chi connectivity index (χ3v) is 5.03. The van der Waals surface area contributed by atoms with Gasteiger partial charge in [0.15, 0.2) is 6.54 Å². The summed E-state index contributed by atoms with van der Waals surface area (Å²) in [5, 5.41) is 0. The number of quaternary nitrogens is 1. The maximum Gasteiger partial charge on any atom is 0.293 e. The Hall–Kier alpha value is -3.06. The molecule has 3 rings (SSSR count). The predicted molar refractivity (Wildman–Crippen MR) is 104 cm³/mol. The zero-order chi connectivity index (χ0) is 19.9. The molecule has 1 aliphatic rings. The maximum atomic E-state index is 12.4. The second-order valence-corrected chi connectivity index (χ2v) is 6.76. The quantitative estimate of drug-likeness (QED) is 0.646. The Morgan fingerprint density at radius 3 is 2.57 bits per heavy atom. The summed E-state index contributed by atoms with van der Waals surface area (Å²) < 4.78 is 10.9. The zero-order valence-corrected chi connectivity index (χ0v) is 16.2. The molecule has 2 atom stereocenters. The lowest BCUT2D eigenvalue weighted by molar-refractivity contribution is -0.910. The first-order valence-electron chi connectivity index (χ1n) is 9.33. The lowest BCUT2D eigenvalue weighted by atomic mass is 10.0. The number of methoxy groups -OCH3 is 2. The summed E-state index contributed by atoms with van der Waals surface area (Å²) in [6.45, 7) is 1.14. The summed E-state index contributed by atoms with van der Waals surface area (Å²) in [7, 11) is 3.28. The minimum Gasteiger partial charge on any atom is -0.497 e. The van der Waals surface area contributed by atoms with Gasteiger partial charge in [0.2, 0.25) is 0 Å². The average molecular weight is 384 g/mol. The Morgan fingerprint density at radius 1 is 1.07 bits per heavy atom. The number of ether oxygens (including phenoxy) is 2. The molecule has 1 saturated heterocycles. The van der Waals surface area contributed by atoms with Crippen molar-refractivity contribution in [2.24, 2.45) is 0 Å². The molecule has 0 spiro atoms. The van der Waals surface area contributed by atoms with E-state index in [4.69, 9.17) is 9.47 Å². The Bertz CT molecular complexity index is 826. The van der Waals surface area contributed by atoms with Gasteiger partial charge in [-0.15, -0.1) is 0 Å². The van der Waals surface area contributed by atoms with Crippen molar-refractivity contribution in [2.75, 3.05) is 27.3 Å². The number of benzene rings is 2. The molecule has 2 aromatic carbocycles. The number of nitrogens with one attached hydrogen (secondary N) is 3. The van der Waals surface area contributed by atoms with Gasteiger partial charge in [-0.05, 0) is 30.3 Å². The molecule has 1 heterocycles. The van der Waals surface area contributed by atoms with Gasteiger partial charge in [0.05, 0.1) is 26.3 Å². The van der Waals surface area contributed by atoms with Crippen LogP contribution in [0, 0.1) is 0 Å². The first-order chi connectivity index (χ1) is 13.6. The molecule has 2 amide bonds. The molecule has 0 radical (unpaired) electrons. The highest BCUT2D eigenvalue weighted by Gasteiger charge is 2.34. The smallest absolute Gasteiger partial charge is 0.293 e. The molecule has 0 bridgehead atoms. The number of hydrogen-bond donors (Lipinski definition) is 3. The normalized spacial score (nSPS) is 18.4. The van der Waals surface area contributed by atoms with Crippen molar-refractivity contribution in [2.45, 2.75) is 18.9 Å². The Balaban J connectivity index is 1.62. The van der Waals surface area contributed by atoms with E-state index in [2.05, 4.69) is 10.9 Å². The maximum absolute atomic E-state index is 12.4. The predicted octanol–water partition coefficient (Wildman–Crippen LogP) is 0.885. The molecule has 1 fully saturated rings. The van der Waals surface area contributed by atoms with E-state index in [1.54, 1.807) is 38.5 Å². The van der Waals surface area contributed by atoms with Crippen LogP contribution in [0.3, 0.4) is 0 Å². The largest absolute Gasteiger partial charge is 0.497 e. The van der Waals surface area contributed by atoms with Gasteiger partial charge < -0.3 is 14.4 Å². The summed E-state index contributed by atoms with van der Waals surface area (Å²) in [4.78, 5) is 25.6. The first-order valence-corrected chi connectivity index (χ1v) is 9.33. The van der Waals surface area contributed by atoms with E-state index in [0.29, 0.717) is 5.56 Å². The molecule has 7 heteroatoms. The van der Waals surface area contributed by atoms with E-state index >= 15 is 0 Å². The van der Waals surface area contributed by atoms with Crippen molar-refractivity contribution in [1.82, 2.24) is 10.9 Å². The molecule has 1 unspecified atom stereocenters. The van der Waals surface area contributed by atoms with Gasteiger partial charge in [0.1, 0.15) is 17.5 Å². The number of amides is 2. The lowest BCUT2D eigenvalue weighted by Crippen LogP contribution is -3.11. The highest BCUT2D eigenvalue weighted by Crippen LogP contribution is 2.31. The van der Waals surface area contributed by atoms with Crippen LogP contribution < -0.4 is 25.2 Å². The molecule has 148 valence electrons. The number of hydrazine groups is 1. The fourth-order valence-electron chi connectivity index (χ4n) is 3.65. The van der Waals surface area contributed by atoms with E-state index in [-0.39, 0.29) is 24.4 Å². The summed E-state index contributed by atoms with van der Waals surface area (Å²) >= 11 is 0. The molecule has 3 N–H and O–H groups in total. The SMILES string of the molecule is COc1ccc(OC)c([C@H]2CCC[NH+]2CC(=O)NNC(=O)c2ccccc2)c1. The average Bonchev–Trinajstić information content (AvgIpc) is 3.19. The third kappa shape index (κ3) is 4.61. The monoisotopic (exact) mass is 384 g/mol. The molecular formula is C21H26N3O4+. The van der Waals surface area contributed by atoms with Gasteiger partial charge in [-0.2, -0.15) is 0 Å². The van der Waals surface area contributed by atoms with E-state index in [9.17, 15) is 9.59 Å². The zero-order valence-electron chi connectivity index (χ0n) is 16.2. The van der Waals surface area contributed by atoms with Crippen molar-refractivity contribution < 1.29 is 24.0 Å². The van der Waals surface area contributed by atoms with E-state index in [1.807, 2.05) is 24.3 Å². The van der Waals surface area contributed by atoms with E-state index < -0.39 is 0 Å². The third-order valence-electron chi connectivity index (χ3n) is 5.03. The molecule has 28 heavy (non-hydrogen) atoms. The second kappa shape index (κ2) is 9.23. The van der Waals surface area contributed by atoms with Gasteiger partial charge in [-0.25, -0.2) is 0 Å². The number of rotatable bonds is 6. The number of likely N-dealkylation sites (tertiary alicyclic amines) is 1. The molecule has 7 nitrogen and oxygen atoms in total. The second-order valence-electron chi connectivity index (χ2n) is 6.76. The van der Waals surface area contributed by atoms with Crippen molar-refractivity contribution in [3.8, 4) is 11.5 Å². The molecular weight excluding hydrogens is 358 g/mol. The van der Waals surface area contributed by atoms with Crippen LogP contribution in [0.5, 0.6) is 11.5 Å². The minimum absolute atomic E-state index is 0.139. The van der Waals surface area contributed by atoms with Crippen LogP contribution in [0.4, 0.5) is 0 Å². The van der Waals surface area contributed by atoms with Crippen molar-refractivity contribution in [3.05, 3.63) is 59.7 Å². The van der Waals surface area contributed by atoms with Gasteiger partial charge in [-0.1, -0.05) is 18.2 Å². The first kappa shape index (κ1) is 19.7. The highest BCUT2D eigenvalue weighted by molar-refractivity contribution is 5.95. The highest BCUT2D eigenvalue weighted by atomic mass is 16.5. The lowest BCUT2D eigenvalue weighted by Gasteiger charge is -2.23. The van der Waals surface area contributed by atoms with Crippen molar-refractivity contribution in [3.63, 3.8) is 0 Å². The molecule has 1 aliphatic heterocycles. The van der Waals surface area contributed by atoms with Crippen molar-refractivity contribution >= 4 is 11.8 Å². The minimum atomic E-state index is -0.337. The van der Waals surface area contributed by atoms with Crippen LogP contribution >= 0.6 is 0 Å². The van der Waals surface area contributed by atoms with Crippen LogP contribution in [-0.4, -0.2) is 39.1 Å². The fraction of sp³-hybridized carbons (Fsp3) is 0.333. The molecule has 0 aromatic heterocycles. The summed E-state index contributed by atoms with van der Waals surface area (Å²) in [5.74, 6) is 0.994. The van der Waals surface area contributed by atoms with Gasteiger partial charge >= 0.3 is 0 Å². The summed E-state index contributed by atoms with van der Waals surface area (Å²) in [6, 6.07) is 14.6. The fourth-order valence-corrected chi connectivity index (χ4v) is 3.65. The van der Waals surface area contributed by atoms with E-state index in [0.717, 1.165) is 41.3 Å². The standard InChI is InChI=1S/C21H25N3O4/c1-27-16-10-11-19(28-2)17(13-16)18-9-6-12-24(18)14-20(25)22-23-21(26)15-7-4-3-5-8-15/h3-5,7-8,10-11,13,18H,6,9,12,14H2,1-2H3,(H,22,25)(H,23,26)/p+1/t18-/m1/s1. The molecule has 0 saturated carbocycles. The van der Waals surface area contributed by atoms with Crippen LogP contribution in [-0.2, 0) is 4.79 Å². The van der Waals surface area contributed by atoms with Crippen LogP contribution in [0.25, 0.3) is 0 Å². The Labute approximate surface area is 164 Å². The van der Waals surface area contributed by atoms with Crippen molar-refractivity contribution in [1.29, 1.82) is 0 Å². The van der Waals surface area contributed by atoms with Crippen LogP contribution in [0.2, 0.25) is 0 Å².